The first-order chi connectivity index (χ1) is 11.3. The summed E-state index contributed by atoms with van der Waals surface area (Å²) in [5.74, 6) is 0. The van der Waals surface area contributed by atoms with Crippen LogP contribution in [0.5, 0.6) is 0 Å². The van der Waals surface area contributed by atoms with Gasteiger partial charge in [-0.1, -0.05) is 27.7 Å². The number of thiazole rings is 1. The van der Waals surface area contributed by atoms with Gasteiger partial charge < -0.3 is 9.64 Å². The molecule has 0 aromatic carbocycles. The van der Waals surface area contributed by atoms with Crippen molar-refractivity contribution in [2.75, 3.05) is 18.5 Å². The summed E-state index contributed by atoms with van der Waals surface area (Å²) in [6.45, 7) is 10.5. The first kappa shape index (κ1) is 16.3. The number of amides is 2. The fourth-order valence-corrected chi connectivity index (χ4v) is 5.64. The number of likely N-dealkylation sites (tertiary alicyclic amines) is 1. The number of nitrogens with zero attached hydrogens (tertiary/aromatic N) is 2. The third kappa shape index (κ3) is 2.54. The van der Waals surface area contributed by atoms with Gasteiger partial charge >= 0.3 is 6.03 Å². The largest absolute Gasteiger partial charge is 0.376 e. The van der Waals surface area contributed by atoms with Crippen molar-refractivity contribution in [1.29, 1.82) is 0 Å². The van der Waals surface area contributed by atoms with Crippen LogP contribution in [-0.4, -0.2) is 41.2 Å². The summed E-state index contributed by atoms with van der Waals surface area (Å²) in [6.07, 6.45) is 4.56. The van der Waals surface area contributed by atoms with E-state index in [-0.39, 0.29) is 29.0 Å². The van der Waals surface area contributed by atoms with Crippen LogP contribution in [0.25, 0.3) is 0 Å². The van der Waals surface area contributed by atoms with Gasteiger partial charge in [0.2, 0.25) is 0 Å². The Labute approximate surface area is 147 Å². The van der Waals surface area contributed by atoms with Crippen molar-refractivity contribution in [2.45, 2.75) is 70.9 Å². The predicted molar refractivity (Wildman–Crippen MR) is 95.7 cm³/mol. The molecule has 1 aromatic rings. The molecule has 3 aliphatic rings. The monoisotopic (exact) mass is 349 g/mol. The summed E-state index contributed by atoms with van der Waals surface area (Å²) in [7, 11) is 0. The van der Waals surface area contributed by atoms with Crippen LogP contribution >= 0.6 is 11.3 Å². The average molecular weight is 350 g/mol. The van der Waals surface area contributed by atoms with Crippen molar-refractivity contribution in [3.8, 4) is 0 Å². The second-order valence-corrected chi connectivity index (χ2v) is 9.80. The van der Waals surface area contributed by atoms with Gasteiger partial charge in [-0.3, -0.25) is 5.32 Å². The lowest BCUT2D eigenvalue weighted by atomic mass is 9.72. The second kappa shape index (κ2) is 5.43. The van der Waals surface area contributed by atoms with Gasteiger partial charge in [-0.05, 0) is 25.7 Å². The summed E-state index contributed by atoms with van der Waals surface area (Å²) in [5.41, 5.74) is 1.43. The van der Waals surface area contributed by atoms with Gasteiger partial charge in [-0.2, -0.15) is 0 Å². The van der Waals surface area contributed by atoms with Gasteiger partial charge in [-0.25, -0.2) is 9.78 Å². The minimum atomic E-state index is -0.0277. The van der Waals surface area contributed by atoms with Crippen LogP contribution in [0.15, 0.2) is 0 Å². The maximum absolute atomic E-state index is 12.8. The van der Waals surface area contributed by atoms with E-state index in [2.05, 4.69) is 33.0 Å². The molecule has 1 N–H and O–H groups in total. The molecule has 2 fully saturated rings. The zero-order valence-electron chi connectivity index (χ0n) is 15.0. The Bertz CT molecular complexity index is 661. The Balaban J connectivity index is 1.47. The molecule has 6 heteroatoms. The van der Waals surface area contributed by atoms with Gasteiger partial charge in [0, 0.05) is 28.9 Å². The van der Waals surface area contributed by atoms with E-state index in [0.29, 0.717) is 0 Å². The van der Waals surface area contributed by atoms with Crippen molar-refractivity contribution >= 4 is 22.5 Å². The number of urea groups is 1. The molecule has 3 heterocycles. The zero-order valence-corrected chi connectivity index (χ0v) is 15.8. The molecule has 2 unspecified atom stereocenters. The van der Waals surface area contributed by atoms with Crippen molar-refractivity contribution in [1.82, 2.24) is 9.88 Å². The number of nitrogens with one attached hydrogen (secondary N) is 1. The number of aryl methyl sites for hydroxylation is 1. The van der Waals surface area contributed by atoms with Crippen molar-refractivity contribution in [3.63, 3.8) is 0 Å². The number of hydrogen-bond donors (Lipinski definition) is 1. The van der Waals surface area contributed by atoms with Gasteiger partial charge in [-0.15, -0.1) is 11.3 Å². The third-order valence-corrected chi connectivity index (χ3v) is 6.85. The first-order valence-corrected chi connectivity index (χ1v) is 9.79. The first-order valence-electron chi connectivity index (χ1n) is 8.97. The highest BCUT2D eigenvalue weighted by Gasteiger charge is 2.53. The van der Waals surface area contributed by atoms with E-state index < -0.39 is 0 Å². The molecular weight excluding hydrogens is 322 g/mol. The molecule has 1 aromatic heterocycles. The van der Waals surface area contributed by atoms with Crippen LogP contribution in [0.1, 0.15) is 57.5 Å². The van der Waals surface area contributed by atoms with Crippen molar-refractivity contribution < 1.29 is 9.53 Å². The summed E-state index contributed by atoms with van der Waals surface area (Å²) >= 11 is 1.64. The van der Waals surface area contributed by atoms with E-state index in [1.807, 2.05) is 4.90 Å². The molecule has 0 saturated carbocycles. The van der Waals surface area contributed by atoms with E-state index in [0.717, 1.165) is 44.0 Å². The molecule has 0 spiro atoms. The quantitative estimate of drug-likeness (QED) is 0.884. The van der Waals surface area contributed by atoms with Crippen LogP contribution < -0.4 is 5.32 Å². The average Bonchev–Trinajstić information content (AvgIpc) is 3.17. The number of rotatable bonds is 2. The maximum atomic E-state index is 12.8. The lowest BCUT2D eigenvalue weighted by Crippen LogP contribution is -2.68. The standard InChI is InChI=1S/C18H27N3O2S/c1-17(2)8-7-12-13(17)19-15(24-12)20-16(22)21-10-18(3,4)14(21)11-6-5-9-23-11/h11,14H,5-10H2,1-4H3,(H,19,20,22). The number of carbonyl (C=O) groups is 1. The molecule has 132 valence electrons. The smallest absolute Gasteiger partial charge is 0.324 e. The molecule has 1 aliphatic carbocycles. The van der Waals surface area contributed by atoms with Crippen molar-refractivity contribution in [2.24, 2.45) is 5.41 Å². The van der Waals surface area contributed by atoms with Gasteiger partial charge in [0.1, 0.15) is 0 Å². The maximum Gasteiger partial charge on any atom is 0.324 e. The summed E-state index contributed by atoms with van der Waals surface area (Å²) in [5, 5.41) is 3.79. The van der Waals surface area contributed by atoms with E-state index >= 15 is 0 Å². The van der Waals surface area contributed by atoms with Gasteiger partial charge in [0.05, 0.1) is 17.8 Å². The normalized spacial score (nSPS) is 30.1. The fraction of sp³-hybridized carbons (Fsp3) is 0.778. The van der Waals surface area contributed by atoms with E-state index in [9.17, 15) is 4.79 Å². The molecule has 2 aliphatic heterocycles. The van der Waals surface area contributed by atoms with Gasteiger partial charge in [0.15, 0.2) is 5.13 Å². The number of fused-ring (bicyclic) bond motifs is 1. The van der Waals surface area contributed by atoms with Crippen LogP contribution in [0.4, 0.5) is 9.93 Å². The van der Waals surface area contributed by atoms with E-state index in [1.165, 1.54) is 10.6 Å². The fourth-order valence-electron chi connectivity index (χ4n) is 4.51. The molecule has 24 heavy (non-hydrogen) atoms. The Hall–Kier alpha value is -1.14. The summed E-state index contributed by atoms with van der Waals surface area (Å²) in [4.78, 5) is 20.7. The predicted octanol–water partition coefficient (Wildman–Crippen LogP) is 3.79. The minimum absolute atomic E-state index is 0.0277. The Kier molecular flexibility index (Phi) is 3.69. The lowest BCUT2D eigenvalue weighted by Gasteiger charge is -2.55. The molecule has 0 radical (unpaired) electrons. The molecule has 2 atom stereocenters. The Morgan fingerprint density at radius 1 is 1.38 bits per heavy atom. The molecule has 2 amide bonds. The Morgan fingerprint density at radius 2 is 2.17 bits per heavy atom. The van der Waals surface area contributed by atoms with E-state index in [1.54, 1.807) is 11.3 Å². The molecule has 5 nitrogen and oxygen atoms in total. The Morgan fingerprint density at radius 3 is 2.79 bits per heavy atom. The number of carbonyl (C=O) groups excluding carboxylic acids is 1. The van der Waals surface area contributed by atoms with E-state index in [4.69, 9.17) is 9.72 Å². The SMILES string of the molecule is CC1(C)CCc2sc(NC(=O)N3CC(C)(C)C3C3CCCO3)nc21. The van der Waals surface area contributed by atoms with Crippen molar-refractivity contribution in [3.05, 3.63) is 10.6 Å². The number of ether oxygens (including phenoxy) is 1. The second-order valence-electron chi connectivity index (χ2n) is 8.72. The lowest BCUT2D eigenvalue weighted by molar-refractivity contribution is -0.0884. The highest BCUT2D eigenvalue weighted by molar-refractivity contribution is 7.16. The van der Waals surface area contributed by atoms with Crippen LogP contribution in [0, 0.1) is 5.41 Å². The summed E-state index contributed by atoms with van der Waals surface area (Å²) in [6, 6.07) is 0.142. The number of anilines is 1. The minimum Gasteiger partial charge on any atom is -0.376 e. The third-order valence-electron chi connectivity index (χ3n) is 5.82. The highest BCUT2D eigenvalue weighted by Crippen LogP contribution is 2.44. The van der Waals surface area contributed by atoms with Gasteiger partial charge in [0.25, 0.3) is 0 Å². The topological polar surface area (TPSA) is 54.5 Å². The molecule has 4 rings (SSSR count). The van der Waals surface area contributed by atoms with Crippen LogP contribution in [-0.2, 0) is 16.6 Å². The summed E-state index contributed by atoms with van der Waals surface area (Å²) < 4.78 is 5.87. The molecule has 2 saturated heterocycles. The zero-order chi connectivity index (χ0) is 17.1. The molecular formula is C18H27N3O2S. The highest BCUT2D eigenvalue weighted by atomic mass is 32.1. The molecule has 0 bridgehead atoms. The number of hydrogen-bond acceptors (Lipinski definition) is 4. The number of aromatic nitrogens is 1. The van der Waals surface area contributed by atoms with Crippen LogP contribution in [0.2, 0.25) is 0 Å². The van der Waals surface area contributed by atoms with Crippen LogP contribution in [0.3, 0.4) is 0 Å².